The molecular formula is C19H35B2O5. The van der Waals surface area contributed by atoms with Gasteiger partial charge in [-0.3, -0.25) is 0 Å². The van der Waals surface area contributed by atoms with E-state index in [1.807, 2.05) is 62.3 Å². The molecule has 7 heteroatoms. The van der Waals surface area contributed by atoms with Crippen LogP contribution in [0.25, 0.3) is 0 Å². The number of hydrogen-bond acceptors (Lipinski definition) is 5. The Morgan fingerprint density at radius 2 is 1.31 bits per heavy atom. The summed E-state index contributed by atoms with van der Waals surface area (Å²) in [7, 11) is 1.12. The molecule has 5 nitrogen and oxygen atoms in total. The monoisotopic (exact) mass is 365 g/mol. The van der Waals surface area contributed by atoms with Crippen molar-refractivity contribution in [3.8, 4) is 12.3 Å². The third kappa shape index (κ3) is 7.00. The standard InChI is InChI=1S/C10H19BO3.C6H12BO2.C3H4/c1-6-12-8-7-11-13-9(2,3)10(4,5)14-11;1-5(2)6(3,4)9-7-8-5;1-3-2/h7-8H,6H2,1-5H3;1-4H3;1H,2H3/b8-7+;;. The lowest BCUT2D eigenvalue weighted by molar-refractivity contribution is 0.00578. The molecule has 0 aliphatic carbocycles. The van der Waals surface area contributed by atoms with Crippen LogP contribution in [0.3, 0.4) is 0 Å². The van der Waals surface area contributed by atoms with E-state index in [9.17, 15) is 0 Å². The molecule has 0 saturated carbocycles. The van der Waals surface area contributed by atoms with E-state index in [1.54, 1.807) is 19.2 Å². The normalized spacial score (nSPS) is 23.8. The second-order valence-electron chi connectivity index (χ2n) is 8.05. The molecule has 1 radical (unpaired) electrons. The van der Waals surface area contributed by atoms with E-state index in [1.165, 1.54) is 7.69 Å². The molecule has 147 valence electrons. The van der Waals surface area contributed by atoms with Crippen molar-refractivity contribution in [2.24, 2.45) is 0 Å². The Morgan fingerprint density at radius 1 is 0.923 bits per heavy atom. The number of rotatable bonds is 3. The van der Waals surface area contributed by atoms with Crippen molar-refractivity contribution < 1.29 is 23.4 Å². The van der Waals surface area contributed by atoms with Crippen molar-refractivity contribution in [2.75, 3.05) is 6.61 Å². The lowest BCUT2D eigenvalue weighted by Gasteiger charge is -2.32. The van der Waals surface area contributed by atoms with Crippen molar-refractivity contribution >= 4 is 14.8 Å². The highest BCUT2D eigenvalue weighted by molar-refractivity contribution is 6.51. The highest BCUT2D eigenvalue weighted by Crippen LogP contribution is 2.36. The van der Waals surface area contributed by atoms with Crippen LogP contribution in [-0.4, -0.2) is 43.8 Å². The molecule has 2 heterocycles. The highest BCUT2D eigenvalue weighted by atomic mass is 16.7. The average molecular weight is 365 g/mol. The Labute approximate surface area is 161 Å². The van der Waals surface area contributed by atoms with Crippen LogP contribution in [0.15, 0.2) is 12.2 Å². The zero-order valence-corrected chi connectivity index (χ0v) is 18.1. The molecule has 0 bridgehead atoms. The summed E-state index contributed by atoms with van der Waals surface area (Å²) < 4.78 is 27.0. The van der Waals surface area contributed by atoms with Crippen molar-refractivity contribution in [3.63, 3.8) is 0 Å². The summed E-state index contributed by atoms with van der Waals surface area (Å²) >= 11 is 0. The first-order valence-electron chi connectivity index (χ1n) is 8.95. The van der Waals surface area contributed by atoms with Crippen LogP contribution >= 0.6 is 0 Å². The summed E-state index contributed by atoms with van der Waals surface area (Å²) in [4.78, 5) is 0. The van der Waals surface area contributed by atoms with E-state index in [0.717, 1.165) is 0 Å². The fraction of sp³-hybridized carbons (Fsp3) is 0.789. The maximum atomic E-state index is 5.72. The number of ether oxygens (including phenoxy) is 1. The topological polar surface area (TPSA) is 46.2 Å². The molecule has 26 heavy (non-hydrogen) atoms. The van der Waals surface area contributed by atoms with Crippen LogP contribution in [0.1, 0.15) is 69.2 Å². The molecule has 0 aromatic heterocycles. The first kappa shape index (κ1) is 25.1. The van der Waals surface area contributed by atoms with Gasteiger partial charge in [-0.25, -0.2) is 0 Å². The minimum atomic E-state index is -0.299. The Morgan fingerprint density at radius 3 is 1.58 bits per heavy atom. The molecule has 0 amide bonds. The maximum absolute atomic E-state index is 5.72. The van der Waals surface area contributed by atoms with Crippen LogP contribution < -0.4 is 0 Å². The van der Waals surface area contributed by atoms with E-state index >= 15 is 0 Å². The molecule has 0 spiro atoms. The molecule has 2 rings (SSSR count). The summed E-state index contributed by atoms with van der Waals surface area (Å²) in [5.41, 5.74) is -0.914. The lowest BCUT2D eigenvalue weighted by atomic mass is 9.90. The van der Waals surface area contributed by atoms with Gasteiger partial charge in [0.2, 0.25) is 0 Å². The van der Waals surface area contributed by atoms with Gasteiger partial charge in [-0.05, 0) is 75.2 Å². The SMILES string of the molecule is C#CC.CC1(C)O[B]OC1(C)C.CCO/C=C/B1OC(C)(C)C(C)(C)O1. The molecule has 0 N–H and O–H groups in total. The van der Waals surface area contributed by atoms with Gasteiger partial charge in [0.05, 0.1) is 35.3 Å². The van der Waals surface area contributed by atoms with Crippen LogP contribution in [0.4, 0.5) is 0 Å². The second-order valence-corrected chi connectivity index (χ2v) is 8.05. The predicted octanol–water partition coefficient (Wildman–Crippen LogP) is 3.93. The van der Waals surface area contributed by atoms with Crippen molar-refractivity contribution in [2.45, 2.75) is 91.6 Å². The van der Waals surface area contributed by atoms with Gasteiger partial charge in [-0.15, -0.1) is 12.3 Å². The molecule has 0 aromatic rings. The minimum Gasteiger partial charge on any atom is -0.502 e. The Hall–Kier alpha value is -0.930. The van der Waals surface area contributed by atoms with Crippen molar-refractivity contribution in [3.05, 3.63) is 12.2 Å². The van der Waals surface area contributed by atoms with Gasteiger partial charge in [0.25, 0.3) is 0 Å². The van der Waals surface area contributed by atoms with Crippen LogP contribution in [0, 0.1) is 12.3 Å². The highest BCUT2D eigenvalue weighted by Gasteiger charge is 2.50. The third-order valence-corrected chi connectivity index (χ3v) is 4.91. The van der Waals surface area contributed by atoms with Crippen LogP contribution in [-0.2, 0) is 23.4 Å². The average Bonchev–Trinajstić information content (AvgIpc) is 2.83. The van der Waals surface area contributed by atoms with Gasteiger partial charge in [-0.1, -0.05) is 0 Å². The predicted molar refractivity (Wildman–Crippen MR) is 107 cm³/mol. The zero-order valence-electron chi connectivity index (χ0n) is 18.1. The Bertz CT molecular complexity index is 463. The van der Waals surface area contributed by atoms with Gasteiger partial charge < -0.3 is 23.4 Å². The molecule has 0 atom stereocenters. The summed E-state index contributed by atoms with van der Waals surface area (Å²) in [6.45, 7) is 20.4. The number of hydrogen-bond donors (Lipinski definition) is 0. The Balaban J connectivity index is 0.000000446. The molecule has 2 aliphatic rings. The molecule has 2 saturated heterocycles. The third-order valence-electron chi connectivity index (χ3n) is 4.91. The smallest absolute Gasteiger partial charge is 0.490 e. The van der Waals surface area contributed by atoms with Crippen molar-refractivity contribution in [1.82, 2.24) is 0 Å². The molecule has 2 fully saturated rings. The van der Waals surface area contributed by atoms with E-state index in [0.29, 0.717) is 6.61 Å². The van der Waals surface area contributed by atoms with Crippen LogP contribution in [0.2, 0.25) is 0 Å². The first-order valence-corrected chi connectivity index (χ1v) is 8.95. The van der Waals surface area contributed by atoms with Gasteiger partial charge >= 0.3 is 14.8 Å². The zero-order chi connectivity index (χ0) is 20.6. The summed E-state index contributed by atoms with van der Waals surface area (Å²) in [6.07, 6.45) is 6.22. The van der Waals surface area contributed by atoms with Gasteiger partial charge in [0, 0.05) is 0 Å². The summed E-state index contributed by atoms with van der Waals surface area (Å²) in [6, 6.07) is 0. The minimum absolute atomic E-state index is 0.187. The molecule has 0 unspecified atom stereocenters. The molecular weight excluding hydrogens is 330 g/mol. The summed E-state index contributed by atoms with van der Waals surface area (Å²) in [5.74, 6) is 4.04. The number of terminal acetylenes is 1. The first-order chi connectivity index (χ1) is 11.8. The second kappa shape index (κ2) is 9.85. The molecule has 2 aliphatic heterocycles. The van der Waals surface area contributed by atoms with Gasteiger partial charge in [0.15, 0.2) is 0 Å². The van der Waals surface area contributed by atoms with Crippen molar-refractivity contribution in [1.29, 1.82) is 0 Å². The Kier molecular flexibility index (Phi) is 9.49. The maximum Gasteiger partial charge on any atom is 0.490 e. The van der Waals surface area contributed by atoms with E-state index in [4.69, 9.17) is 23.4 Å². The van der Waals surface area contributed by atoms with E-state index in [-0.39, 0.29) is 29.5 Å². The fourth-order valence-electron chi connectivity index (χ4n) is 1.73. The van der Waals surface area contributed by atoms with Crippen LogP contribution in [0.5, 0.6) is 0 Å². The van der Waals surface area contributed by atoms with Gasteiger partial charge in [0.1, 0.15) is 0 Å². The molecule has 0 aromatic carbocycles. The van der Waals surface area contributed by atoms with E-state index < -0.39 is 0 Å². The lowest BCUT2D eigenvalue weighted by Crippen LogP contribution is -2.41. The largest absolute Gasteiger partial charge is 0.502 e. The quantitative estimate of drug-likeness (QED) is 0.431. The summed E-state index contributed by atoms with van der Waals surface area (Å²) in [5, 5.41) is 0. The fourth-order valence-corrected chi connectivity index (χ4v) is 1.73. The van der Waals surface area contributed by atoms with E-state index in [2.05, 4.69) is 12.3 Å². The van der Waals surface area contributed by atoms with Gasteiger partial charge in [-0.2, -0.15) is 0 Å².